The maximum absolute atomic E-state index is 15.0. The zero-order valence-corrected chi connectivity index (χ0v) is 27.7. The van der Waals surface area contributed by atoms with E-state index in [1.807, 2.05) is 52.0 Å². The second-order valence-corrected chi connectivity index (χ2v) is 12.2. The summed E-state index contributed by atoms with van der Waals surface area (Å²) in [5.41, 5.74) is 5.01. The van der Waals surface area contributed by atoms with Gasteiger partial charge in [0.15, 0.2) is 11.6 Å². The third-order valence-corrected chi connectivity index (χ3v) is 8.26. The van der Waals surface area contributed by atoms with Crippen molar-refractivity contribution in [3.8, 4) is 11.5 Å². The summed E-state index contributed by atoms with van der Waals surface area (Å²) in [5, 5.41) is 3.60. The first-order valence-electron chi connectivity index (χ1n) is 15.3. The molecule has 5 rings (SSSR count). The van der Waals surface area contributed by atoms with Crippen LogP contribution in [0.1, 0.15) is 27.8 Å². The highest BCUT2D eigenvalue weighted by Crippen LogP contribution is 2.28. The molecule has 1 aliphatic heterocycles. The fourth-order valence-electron chi connectivity index (χ4n) is 5.43. The predicted octanol–water partition coefficient (Wildman–Crippen LogP) is 7.08. The lowest BCUT2D eigenvalue weighted by molar-refractivity contribution is 0.132. The van der Waals surface area contributed by atoms with Gasteiger partial charge in [0.25, 0.3) is 0 Å². The lowest BCUT2D eigenvalue weighted by Gasteiger charge is -2.32. The minimum Gasteiger partial charge on any atom is -0.489 e. The molecule has 1 aromatic heterocycles. The summed E-state index contributed by atoms with van der Waals surface area (Å²) in [6.45, 7) is 13.0. The highest BCUT2D eigenvalue weighted by atomic mass is 35.5. The molecule has 4 aromatic rings. The maximum Gasteiger partial charge on any atom is 0.421 e. The predicted molar refractivity (Wildman–Crippen MR) is 180 cm³/mol. The van der Waals surface area contributed by atoms with E-state index in [0.29, 0.717) is 28.9 Å². The van der Waals surface area contributed by atoms with E-state index in [-0.39, 0.29) is 18.2 Å². The molecular formula is C35H40ClFN6O3. The number of likely N-dealkylation sites (N-methyl/N-ethyl adjacent to an activating group) is 1. The number of amides is 1. The number of aromatic nitrogens is 2. The molecule has 0 unspecified atom stereocenters. The number of piperazine rings is 1. The zero-order valence-electron chi connectivity index (χ0n) is 26.9. The smallest absolute Gasteiger partial charge is 0.421 e. The normalized spacial score (nSPS) is 13.8. The maximum atomic E-state index is 15.0. The molecule has 0 bridgehead atoms. The topological polar surface area (TPSA) is 83.1 Å². The molecule has 0 radical (unpaired) electrons. The van der Waals surface area contributed by atoms with Crippen molar-refractivity contribution in [1.29, 1.82) is 0 Å². The molecule has 9 nitrogen and oxygen atoms in total. The lowest BCUT2D eigenvalue weighted by Crippen LogP contribution is -2.45. The Balaban J connectivity index is 1.33. The molecule has 0 spiro atoms. The van der Waals surface area contributed by atoms with Crippen molar-refractivity contribution >= 4 is 35.1 Å². The zero-order chi connectivity index (χ0) is 32.8. The van der Waals surface area contributed by atoms with Crippen LogP contribution < -0.4 is 19.7 Å². The average Bonchev–Trinajstić information content (AvgIpc) is 3.01. The summed E-state index contributed by atoms with van der Waals surface area (Å²) in [6.07, 6.45) is 0.924. The lowest BCUT2D eigenvalue weighted by atomic mass is 10.1. The minimum atomic E-state index is -0.608. The van der Waals surface area contributed by atoms with Gasteiger partial charge in [0.2, 0.25) is 5.95 Å². The van der Waals surface area contributed by atoms with Crippen LogP contribution in [0.15, 0.2) is 60.8 Å². The van der Waals surface area contributed by atoms with E-state index in [1.54, 1.807) is 24.3 Å². The highest BCUT2D eigenvalue weighted by molar-refractivity contribution is 6.30. The molecule has 0 aliphatic carbocycles. The Bertz CT molecular complexity index is 1670. The first kappa shape index (κ1) is 33.1. The number of carbonyl (C=O) groups is 1. The van der Waals surface area contributed by atoms with E-state index in [9.17, 15) is 9.18 Å². The van der Waals surface area contributed by atoms with Crippen molar-refractivity contribution < 1.29 is 18.7 Å². The molecule has 3 aromatic carbocycles. The van der Waals surface area contributed by atoms with Crippen LogP contribution in [0.2, 0.25) is 5.02 Å². The van der Waals surface area contributed by atoms with Crippen molar-refractivity contribution in [2.24, 2.45) is 0 Å². The van der Waals surface area contributed by atoms with Gasteiger partial charge in [-0.25, -0.2) is 14.2 Å². The number of halogens is 2. The molecule has 1 N–H and O–H groups in total. The van der Waals surface area contributed by atoms with E-state index in [4.69, 9.17) is 21.1 Å². The second-order valence-electron chi connectivity index (χ2n) is 11.8. The summed E-state index contributed by atoms with van der Waals surface area (Å²) in [6, 6.07) is 15.7. The fraction of sp³-hybridized carbons (Fsp3) is 0.343. The molecule has 242 valence electrons. The van der Waals surface area contributed by atoms with E-state index >= 15 is 0 Å². The number of rotatable bonds is 10. The molecule has 46 heavy (non-hydrogen) atoms. The van der Waals surface area contributed by atoms with Crippen molar-refractivity contribution in [3.63, 3.8) is 0 Å². The number of aryl methyl sites for hydroxylation is 4. The largest absolute Gasteiger partial charge is 0.489 e. The van der Waals surface area contributed by atoms with E-state index in [0.717, 1.165) is 60.5 Å². The third-order valence-electron chi connectivity index (χ3n) is 8.02. The van der Waals surface area contributed by atoms with Crippen LogP contribution in [0.4, 0.5) is 26.6 Å². The number of benzene rings is 3. The number of carbonyl (C=O) groups excluding carboxylic acids is 1. The minimum absolute atomic E-state index is 0.153. The first-order valence-corrected chi connectivity index (χ1v) is 15.7. The Morgan fingerprint density at radius 2 is 1.72 bits per heavy atom. The third kappa shape index (κ3) is 8.51. The molecular weight excluding hydrogens is 607 g/mol. The van der Waals surface area contributed by atoms with Crippen molar-refractivity contribution in [2.75, 3.05) is 56.6 Å². The number of hydrogen-bond donors (Lipinski definition) is 1. The summed E-state index contributed by atoms with van der Waals surface area (Å²) in [5.74, 6) is 0.668. The van der Waals surface area contributed by atoms with Crippen LogP contribution in [0.25, 0.3) is 0 Å². The average molecular weight is 647 g/mol. The Hall–Kier alpha value is -4.25. The first-order chi connectivity index (χ1) is 22.0. The quantitative estimate of drug-likeness (QED) is 0.196. The van der Waals surface area contributed by atoms with Crippen LogP contribution in [0.3, 0.4) is 0 Å². The molecule has 1 fully saturated rings. The summed E-state index contributed by atoms with van der Waals surface area (Å²) in [4.78, 5) is 28.7. The van der Waals surface area contributed by atoms with Gasteiger partial charge >= 0.3 is 6.09 Å². The van der Waals surface area contributed by atoms with Crippen LogP contribution in [-0.2, 0) is 6.54 Å². The fourth-order valence-corrected chi connectivity index (χ4v) is 5.63. The van der Waals surface area contributed by atoms with Gasteiger partial charge < -0.3 is 19.7 Å². The highest BCUT2D eigenvalue weighted by Gasteiger charge is 2.23. The molecule has 11 heteroatoms. The van der Waals surface area contributed by atoms with Crippen LogP contribution in [0.5, 0.6) is 11.5 Å². The van der Waals surface area contributed by atoms with Gasteiger partial charge in [-0.2, -0.15) is 4.98 Å². The molecule has 1 amide bonds. The summed E-state index contributed by atoms with van der Waals surface area (Å²) >= 11 is 6.31. The Morgan fingerprint density at radius 1 is 0.978 bits per heavy atom. The van der Waals surface area contributed by atoms with Crippen molar-refractivity contribution in [1.82, 2.24) is 19.8 Å². The van der Waals surface area contributed by atoms with E-state index in [2.05, 4.69) is 32.1 Å². The van der Waals surface area contributed by atoms with Gasteiger partial charge in [0, 0.05) is 55.7 Å². The Labute approximate surface area is 274 Å². The van der Waals surface area contributed by atoms with Gasteiger partial charge in [-0.3, -0.25) is 9.80 Å². The monoisotopic (exact) mass is 646 g/mol. The van der Waals surface area contributed by atoms with Crippen molar-refractivity contribution in [3.05, 3.63) is 99.5 Å². The Kier molecular flexibility index (Phi) is 10.7. The number of anilines is 3. The SMILES string of the molecule is Cc1cc(C)c(OC(=O)N(Cc2cc(Cl)ccc2C)c2ccnc(Nc3ccc(OCCN4CCN(C)CC4)c(F)c3)n2)c(C)c1. The number of ether oxygens (including phenoxy) is 2. The number of nitrogens with one attached hydrogen (secondary N) is 1. The van der Waals surface area contributed by atoms with Gasteiger partial charge in [0.1, 0.15) is 18.2 Å². The molecule has 1 saturated heterocycles. The molecule has 0 saturated carbocycles. The van der Waals surface area contributed by atoms with E-state index in [1.165, 1.54) is 17.2 Å². The van der Waals surface area contributed by atoms with Gasteiger partial charge in [0.05, 0.1) is 6.54 Å². The molecule has 2 heterocycles. The Morgan fingerprint density at radius 3 is 2.43 bits per heavy atom. The standard InChI is InChI=1S/C35H40ClFN6O3/c1-23-18-25(3)33(26(4)19-23)46-35(44)43(22-27-20-28(36)7-6-24(27)2)32-10-11-38-34(40-32)39-29-8-9-31(30(37)21-29)45-17-16-42-14-12-41(5)13-15-42/h6-11,18-21H,12-17,22H2,1-5H3,(H,38,39,40). The van der Waals surface area contributed by atoms with Gasteiger partial charge in [-0.05, 0) is 87.3 Å². The summed E-state index contributed by atoms with van der Waals surface area (Å²) < 4.78 is 26.7. The van der Waals surface area contributed by atoms with Crippen LogP contribution >= 0.6 is 11.6 Å². The molecule has 0 atom stereocenters. The molecule has 1 aliphatic rings. The number of hydrogen-bond acceptors (Lipinski definition) is 8. The van der Waals surface area contributed by atoms with Crippen LogP contribution in [-0.4, -0.2) is 72.2 Å². The van der Waals surface area contributed by atoms with E-state index < -0.39 is 11.9 Å². The summed E-state index contributed by atoms with van der Waals surface area (Å²) in [7, 11) is 2.11. The second kappa shape index (κ2) is 14.9. The number of nitrogens with zero attached hydrogens (tertiary/aromatic N) is 5. The van der Waals surface area contributed by atoms with Gasteiger partial charge in [-0.1, -0.05) is 35.4 Å². The van der Waals surface area contributed by atoms with Crippen LogP contribution in [0, 0.1) is 33.5 Å². The van der Waals surface area contributed by atoms with Gasteiger partial charge in [-0.15, -0.1) is 0 Å². The van der Waals surface area contributed by atoms with Crippen molar-refractivity contribution in [2.45, 2.75) is 34.2 Å².